The second-order valence-electron chi connectivity index (χ2n) is 5.39. The lowest BCUT2D eigenvalue weighted by Crippen LogP contribution is -2.01. The molecule has 0 saturated carbocycles. The first-order valence-corrected chi connectivity index (χ1v) is 6.56. The Kier molecular flexibility index (Phi) is 4.14. The lowest BCUT2D eigenvalue weighted by molar-refractivity contribution is 0.566. The van der Waals surface area contributed by atoms with Gasteiger partial charge in [-0.15, -0.1) is 0 Å². The molecule has 0 spiro atoms. The maximum atomic E-state index is 4.28. The van der Waals surface area contributed by atoms with Crippen LogP contribution in [0, 0.1) is 5.92 Å². The molecular weight excluding hydrogens is 218 g/mol. The number of aliphatic imine (C=N–C) groups is 1. The van der Waals surface area contributed by atoms with Crippen molar-refractivity contribution in [3.05, 3.63) is 59.3 Å². The Labute approximate surface area is 110 Å². The molecule has 0 amide bonds. The molecule has 0 aromatic heterocycles. The van der Waals surface area contributed by atoms with E-state index in [0.29, 0.717) is 5.92 Å². The van der Waals surface area contributed by atoms with Crippen LogP contribution in [0.2, 0.25) is 0 Å². The molecule has 0 bridgehead atoms. The van der Waals surface area contributed by atoms with Crippen LogP contribution in [0.3, 0.4) is 0 Å². The molecule has 0 atom stereocenters. The number of benzene rings is 1. The Bertz CT molecular complexity index is 465. The van der Waals surface area contributed by atoms with E-state index in [-0.39, 0.29) is 0 Å². The van der Waals surface area contributed by atoms with Crippen LogP contribution >= 0.6 is 0 Å². The van der Waals surface area contributed by atoms with Crippen LogP contribution in [-0.2, 0) is 12.8 Å². The second kappa shape index (κ2) is 5.81. The second-order valence-corrected chi connectivity index (χ2v) is 5.39. The zero-order chi connectivity index (χ0) is 13.0. The highest BCUT2D eigenvalue weighted by molar-refractivity contribution is 5.78. The van der Waals surface area contributed by atoms with Gasteiger partial charge in [0.25, 0.3) is 0 Å². The molecule has 1 aromatic carbocycles. The summed E-state index contributed by atoms with van der Waals surface area (Å²) < 4.78 is 0. The molecule has 0 saturated heterocycles. The highest BCUT2D eigenvalue weighted by Crippen LogP contribution is 2.29. The third kappa shape index (κ3) is 3.43. The van der Waals surface area contributed by atoms with Gasteiger partial charge in [0.1, 0.15) is 0 Å². The van der Waals surface area contributed by atoms with Gasteiger partial charge in [0.15, 0.2) is 0 Å². The third-order valence-electron chi connectivity index (χ3n) is 3.28. The summed E-state index contributed by atoms with van der Waals surface area (Å²) in [6, 6.07) is 8.75. The Hall–Kier alpha value is -1.63. The van der Waals surface area contributed by atoms with Gasteiger partial charge >= 0.3 is 0 Å². The van der Waals surface area contributed by atoms with Gasteiger partial charge in [-0.25, -0.2) is 0 Å². The molecule has 1 aromatic rings. The first kappa shape index (κ1) is 12.8. The quantitative estimate of drug-likeness (QED) is 0.693. The first-order valence-electron chi connectivity index (χ1n) is 6.56. The molecule has 1 aliphatic carbocycles. The highest BCUT2D eigenvalue weighted by Gasteiger charge is 2.20. The minimum atomic E-state index is 0.702. The van der Waals surface area contributed by atoms with Gasteiger partial charge < -0.3 is 0 Å². The monoisotopic (exact) mass is 239 g/mol. The molecule has 0 unspecified atom stereocenters. The minimum absolute atomic E-state index is 0.702. The van der Waals surface area contributed by atoms with Crippen molar-refractivity contribution in [2.24, 2.45) is 10.9 Å². The van der Waals surface area contributed by atoms with Crippen LogP contribution in [0.25, 0.3) is 0 Å². The average Bonchev–Trinajstić information content (AvgIpc) is 2.70. The summed E-state index contributed by atoms with van der Waals surface area (Å²) >= 11 is 0. The Morgan fingerprint density at radius 2 is 1.89 bits per heavy atom. The van der Waals surface area contributed by atoms with E-state index in [1.807, 2.05) is 26.3 Å². The molecule has 0 radical (unpaired) electrons. The topological polar surface area (TPSA) is 12.4 Å². The van der Waals surface area contributed by atoms with Crippen molar-refractivity contribution in [3.8, 4) is 0 Å². The van der Waals surface area contributed by atoms with Gasteiger partial charge in [0.2, 0.25) is 0 Å². The summed E-state index contributed by atoms with van der Waals surface area (Å²) in [5, 5.41) is 0. The molecule has 1 aliphatic rings. The zero-order valence-corrected chi connectivity index (χ0v) is 11.3. The van der Waals surface area contributed by atoms with E-state index in [9.17, 15) is 0 Å². The largest absolute Gasteiger partial charge is 0.265 e. The van der Waals surface area contributed by atoms with E-state index in [2.05, 4.69) is 35.8 Å². The molecule has 1 nitrogen and oxygen atoms in total. The molecule has 2 rings (SSSR count). The van der Waals surface area contributed by atoms with Crippen LogP contribution in [0.5, 0.6) is 0 Å². The normalized spacial score (nSPS) is 14.8. The van der Waals surface area contributed by atoms with Gasteiger partial charge in [0.05, 0.1) is 0 Å². The standard InChI is InChI=1S/C17H21N/c1-13(2)11-18-12-14(3)8-15-9-16-6-4-5-7-17(16)10-15/h4-7,11-12,15H,3,8-10H2,1-2H3. The van der Waals surface area contributed by atoms with Crippen LogP contribution in [-0.4, -0.2) is 6.21 Å². The first-order chi connectivity index (χ1) is 8.65. The molecule has 0 aliphatic heterocycles. The summed E-state index contributed by atoms with van der Waals surface area (Å²) in [4.78, 5) is 4.28. The Morgan fingerprint density at radius 1 is 1.28 bits per heavy atom. The summed E-state index contributed by atoms with van der Waals surface area (Å²) in [7, 11) is 0. The molecule has 94 valence electrons. The van der Waals surface area contributed by atoms with Crippen LogP contribution < -0.4 is 0 Å². The van der Waals surface area contributed by atoms with E-state index < -0.39 is 0 Å². The van der Waals surface area contributed by atoms with Crippen LogP contribution in [0.4, 0.5) is 0 Å². The van der Waals surface area contributed by atoms with Gasteiger partial charge in [-0.05, 0) is 55.7 Å². The number of allylic oxidation sites excluding steroid dienone is 2. The smallest absolute Gasteiger partial charge is 0.0294 e. The summed E-state index contributed by atoms with van der Waals surface area (Å²) in [5.74, 6) is 0.702. The predicted molar refractivity (Wildman–Crippen MR) is 79.0 cm³/mol. The minimum Gasteiger partial charge on any atom is -0.265 e. The number of fused-ring (bicyclic) bond motifs is 1. The van der Waals surface area contributed by atoms with Crippen molar-refractivity contribution in [2.75, 3.05) is 0 Å². The van der Waals surface area contributed by atoms with Crippen molar-refractivity contribution in [1.29, 1.82) is 0 Å². The molecule has 0 heterocycles. The summed E-state index contributed by atoms with van der Waals surface area (Å²) in [6.45, 7) is 8.20. The number of hydrogen-bond donors (Lipinski definition) is 0. The Morgan fingerprint density at radius 3 is 2.44 bits per heavy atom. The van der Waals surface area contributed by atoms with E-state index in [4.69, 9.17) is 0 Å². The molecule has 0 N–H and O–H groups in total. The maximum Gasteiger partial charge on any atom is 0.0294 e. The number of nitrogens with zero attached hydrogens (tertiary/aromatic N) is 1. The predicted octanol–water partition coefficient (Wildman–Crippen LogP) is 4.34. The van der Waals surface area contributed by atoms with Crippen molar-refractivity contribution in [3.63, 3.8) is 0 Å². The highest BCUT2D eigenvalue weighted by atomic mass is 14.7. The van der Waals surface area contributed by atoms with Gasteiger partial charge in [-0.3, -0.25) is 4.99 Å². The molecule has 0 fully saturated rings. The Balaban J connectivity index is 1.88. The van der Waals surface area contributed by atoms with Crippen molar-refractivity contribution < 1.29 is 0 Å². The maximum absolute atomic E-state index is 4.28. The van der Waals surface area contributed by atoms with Crippen LogP contribution in [0.15, 0.2) is 53.2 Å². The molecule has 1 heteroatoms. The fourth-order valence-electron chi connectivity index (χ4n) is 2.51. The fraction of sp³-hybridized carbons (Fsp3) is 0.353. The molecule has 18 heavy (non-hydrogen) atoms. The van der Waals surface area contributed by atoms with E-state index in [1.54, 1.807) is 0 Å². The van der Waals surface area contributed by atoms with Gasteiger partial charge in [-0.2, -0.15) is 0 Å². The SMILES string of the molecule is C=C(C=NC=C(C)C)CC1Cc2ccccc2C1. The van der Waals surface area contributed by atoms with Crippen molar-refractivity contribution in [2.45, 2.75) is 33.1 Å². The van der Waals surface area contributed by atoms with E-state index in [1.165, 1.54) is 29.5 Å². The lowest BCUT2D eigenvalue weighted by Gasteiger charge is -2.07. The van der Waals surface area contributed by atoms with Crippen LogP contribution in [0.1, 0.15) is 31.4 Å². The lowest BCUT2D eigenvalue weighted by atomic mass is 9.98. The summed E-state index contributed by atoms with van der Waals surface area (Å²) in [5.41, 5.74) is 5.37. The van der Waals surface area contributed by atoms with Crippen molar-refractivity contribution in [1.82, 2.24) is 0 Å². The zero-order valence-electron chi connectivity index (χ0n) is 11.3. The molecular formula is C17H21N. The van der Waals surface area contributed by atoms with Gasteiger partial charge in [0, 0.05) is 12.4 Å². The summed E-state index contributed by atoms with van der Waals surface area (Å²) in [6.07, 6.45) is 7.21. The number of rotatable bonds is 4. The fourth-order valence-corrected chi connectivity index (χ4v) is 2.51. The van der Waals surface area contributed by atoms with Gasteiger partial charge in [-0.1, -0.05) is 36.4 Å². The average molecular weight is 239 g/mol. The van der Waals surface area contributed by atoms with E-state index >= 15 is 0 Å². The third-order valence-corrected chi connectivity index (χ3v) is 3.28. The van der Waals surface area contributed by atoms with E-state index in [0.717, 1.165) is 12.0 Å². The number of hydrogen-bond acceptors (Lipinski definition) is 1. The van der Waals surface area contributed by atoms with Crippen molar-refractivity contribution >= 4 is 6.21 Å².